The van der Waals surface area contributed by atoms with E-state index < -0.39 is 10.1 Å². The Morgan fingerprint density at radius 3 is 1.95 bits per heavy atom. The minimum Gasteiger partial charge on any atom is -0.286 e. The van der Waals surface area contributed by atoms with Crippen LogP contribution in [0.1, 0.15) is 46.4 Å². The molecule has 1 heterocycles. The molecule has 1 N–H and O–H groups in total. The Hall–Kier alpha value is -1.73. The summed E-state index contributed by atoms with van der Waals surface area (Å²) < 4.78 is 30.8. The molecular formula is C15H17NO5S. The maximum Gasteiger partial charge on any atom is 0.265 e. The van der Waals surface area contributed by atoms with Crippen LogP contribution in [0.3, 0.4) is 0 Å². The highest BCUT2D eigenvalue weighted by atomic mass is 32.2. The predicted octanol–water partition coefficient (Wildman–Crippen LogP) is 1.73. The van der Waals surface area contributed by atoms with Crippen molar-refractivity contribution in [1.82, 2.24) is 4.90 Å². The first kappa shape index (κ1) is 15.2. The monoisotopic (exact) mass is 323 g/mol. The van der Waals surface area contributed by atoms with Gasteiger partial charge in [0, 0.05) is 6.04 Å². The van der Waals surface area contributed by atoms with E-state index in [1.165, 1.54) is 4.90 Å². The number of benzene rings is 1. The average Bonchev–Trinajstić information content (AvgIpc) is 2.71. The summed E-state index contributed by atoms with van der Waals surface area (Å²) in [4.78, 5) is 26.1. The van der Waals surface area contributed by atoms with E-state index in [0.717, 1.165) is 0 Å². The van der Waals surface area contributed by atoms with Gasteiger partial charge in [0.25, 0.3) is 21.9 Å². The van der Waals surface area contributed by atoms with Crippen LogP contribution in [0.15, 0.2) is 24.3 Å². The fourth-order valence-corrected chi connectivity index (χ4v) is 4.34. The third-order valence-electron chi connectivity index (χ3n) is 4.45. The lowest BCUT2D eigenvalue weighted by molar-refractivity contribution is 0.0533. The van der Waals surface area contributed by atoms with E-state index in [0.29, 0.717) is 36.8 Å². The maximum atomic E-state index is 12.4. The van der Waals surface area contributed by atoms with Crippen molar-refractivity contribution < 1.29 is 22.6 Å². The summed E-state index contributed by atoms with van der Waals surface area (Å²) in [7, 11) is -3.97. The van der Waals surface area contributed by atoms with Gasteiger partial charge in [-0.15, -0.1) is 0 Å². The molecule has 6 nitrogen and oxygen atoms in total. The topological polar surface area (TPSA) is 91.8 Å². The molecule has 22 heavy (non-hydrogen) atoms. The first-order valence-electron chi connectivity index (χ1n) is 7.29. The van der Waals surface area contributed by atoms with Crippen LogP contribution in [0.5, 0.6) is 0 Å². The molecule has 2 amide bonds. The highest BCUT2D eigenvalue weighted by Gasteiger charge is 2.41. The Morgan fingerprint density at radius 1 is 1.00 bits per heavy atom. The second-order valence-electron chi connectivity index (χ2n) is 5.95. The van der Waals surface area contributed by atoms with Crippen LogP contribution in [0.25, 0.3) is 0 Å². The third-order valence-corrected chi connectivity index (χ3v) is 5.35. The van der Waals surface area contributed by atoms with E-state index in [2.05, 4.69) is 0 Å². The van der Waals surface area contributed by atoms with Crippen LogP contribution in [-0.2, 0) is 10.1 Å². The van der Waals surface area contributed by atoms with Crippen LogP contribution in [0.2, 0.25) is 0 Å². The zero-order chi connectivity index (χ0) is 15.9. The van der Waals surface area contributed by atoms with Crippen molar-refractivity contribution in [1.29, 1.82) is 0 Å². The lowest BCUT2D eigenvalue weighted by Crippen LogP contribution is -2.42. The van der Waals surface area contributed by atoms with Gasteiger partial charge in [-0.05, 0) is 43.7 Å². The number of fused-ring (bicyclic) bond motifs is 1. The predicted molar refractivity (Wildman–Crippen MR) is 79.1 cm³/mol. The van der Waals surface area contributed by atoms with E-state index >= 15 is 0 Å². The molecule has 0 bridgehead atoms. The first-order valence-corrected chi connectivity index (χ1v) is 8.90. The minimum atomic E-state index is -3.97. The van der Waals surface area contributed by atoms with Crippen LogP contribution in [0.4, 0.5) is 0 Å². The van der Waals surface area contributed by atoms with Gasteiger partial charge < -0.3 is 0 Å². The van der Waals surface area contributed by atoms with Crippen molar-refractivity contribution >= 4 is 21.9 Å². The highest BCUT2D eigenvalue weighted by Crippen LogP contribution is 2.33. The number of hydrogen-bond acceptors (Lipinski definition) is 4. The number of hydrogen-bond donors (Lipinski definition) is 1. The summed E-state index contributed by atoms with van der Waals surface area (Å²) in [5.74, 6) is -0.888. The molecule has 1 fully saturated rings. The van der Waals surface area contributed by atoms with Gasteiger partial charge in [0.1, 0.15) is 0 Å². The van der Waals surface area contributed by atoms with Crippen molar-refractivity contribution in [2.24, 2.45) is 5.92 Å². The quantitative estimate of drug-likeness (QED) is 0.675. The lowest BCUT2D eigenvalue weighted by Gasteiger charge is -2.33. The van der Waals surface area contributed by atoms with Crippen molar-refractivity contribution in [3.05, 3.63) is 35.4 Å². The summed E-state index contributed by atoms with van der Waals surface area (Å²) in [5.41, 5.74) is 0.875. The van der Waals surface area contributed by atoms with E-state index in [1.54, 1.807) is 24.3 Å². The summed E-state index contributed by atoms with van der Waals surface area (Å²) in [6.07, 6.45) is 2.31. The molecule has 0 atom stereocenters. The average molecular weight is 323 g/mol. The summed E-state index contributed by atoms with van der Waals surface area (Å²) in [5, 5.41) is 0. The fourth-order valence-electron chi connectivity index (χ4n) is 3.41. The Labute approximate surface area is 128 Å². The zero-order valence-electron chi connectivity index (χ0n) is 11.9. The van der Waals surface area contributed by atoms with Crippen molar-refractivity contribution in [2.45, 2.75) is 31.7 Å². The second-order valence-corrected chi connectivity index (χ2v) is 7.45. The smallest absolute Gasteiger partial charge is 0.265 e. The zero-order valence-corrected chi connectivity index (χ0v) is 12.8. The number of carbonyl (C=O) groups is 2. The fraction of sp³-hybridized carbons (Fsp3) is 0.467. The van der Waals surface area contributed by atoms with E-state index in [1.807, 2.05) is 0 Å². The van der Waals surface area contributed by atoms with Gasteiger partial charge >= 0.3 is 0 Å². The summed E-state index contributed by atoms with van der Waals surface area (Å²) in [6.45, 7) is 0. The lowest BCUT2D eigenvalue weighted by atomic mass is 9.86. The molecule has 118 valence electrons. The molecule has 1 aromatic rings. The molecule has 0 aromatic heterocycles. The van der Waals surface area contributed by atoms with Gasteiger partial charge in [0.05, 0.1) is 16.9 Å². The summed E-state index contributed by atoms with van der Waals surface area (Å²) >= 11 is 0. The standard InChI is InChI=1S/C15H17NO5S/c17-14-12-3-1-2-4-13(12)15(18)16(14)11-7-5-10(6-8-11)9-22(19,20)21/h1-4,10-11H,5-9H2,(H,19,20,21)/t10-,11-. The van der Waals surface area contributed by atoms with Gasteiger partial charge in [0.15, 0.2) is 0 Å². The molecule has 0 spiro atoms. The van der Waals surface area contributed by atoms with Crippen LogP contribution < -0.4 is 0 Å². The molecule has 2 aliphatic rings. The normalized spacial score (nSPS) is 25.4. The van der Waals surface area contributed by atoms with Crippen LogP contribution >= 0.6 is 0 Å². The molecular weight excluding hydrogens is 306 g/mol. The molecule has 1 aliphatic carbocycles. The van der Waals surface area contributed by atoms with Crippen LogP contribution in [-0.4, -0.2) is 41.5 Å². The van der Waals surface area contributed by atoms with E-state index in [4.69, 9.17) is 4.55 Å². The second kappa shape index (κ2) is 5.48. The Bertz CT molecular complexity index is 684. The van der Waals surface area contributed by atoms with Gasteiger partial charge in [-0.25, -0.2) is 0 Å². The Kier molecular flexibility index (Phi) is 3.78. The minimum absolute atomic E-state index is 0.110. The van der Waals surface area contributed by atoms with Gasteiger partial charge in [-0.3, -0.25) is 19.0 Å². The van der Waals surface area contributed by atoms with Crippen molar-refractivity contribution in [3.63, 3.8) is 0 Å². The number of carbonyl (C=O) groups excluding carboxylic acids is 2. The van der Waals surface area contributed by atoms with Gasteiger partial charge in [0.2, 0.25) is 0 Å². The first-order chi connectivity index (χ1) is 10.4. The SMILES string of the molecule is O=C1c2ccccc2C(=O)N1[C@H]1CC[C@H](CS(=O)(=O)O)CC1. The molecule has 1 saturated carbocycles. The van der Waals surface area contributed by atoms with Crippen LogP contribution in [0, 0.1) is 5.92 Å². The summed E-state index contributed by atoms with van der Waals surface area (Å²) in [6, 6.07) is 6.58. The van der Waals surface area contributed by atoms with Gasteiger partial charge in [-0.1, -0.05) is 12.1 Å². The maximum absolute atomic E-state index is 12.4. The molecule has 1 aromatic carbocycles. The van der Waals surface area contributed by atoms with Gasteiger partial charge in [-0.2, -0.15) is 8.42 Å². The van der Waals surface area contributed by atoms with E-state index in [-0.39, 0.29) is 29.5 Å². The van der Waals surface area contributed by atoms with Crippen molar-refractivity contribution in [3.8, 4) is 0 Å². The number of imide groups is 1. The molecule has 1 aliphatic heterocycles. The Morgan fingerprint density at radius 2 is 1.50 bits per heavy atom. The highest BCUT2D eigenvalue weighted by molar-refractivity contribution is 7.85. The number of rotatable bonds is 3. The van der Waals surface area contributed by atoms with Crippen molar-refractivity contribution in [2.75, 3.05) is 5.75 Å². The Balaban J connectivity index is 1.71. The largest absolute Gasteiger partial charge is 0.286 e. The number of nitrogens with zero attached hydrogens (tertiary/aromatic N) is 1. The molecule has 0 saturated heterocycles. The molecule has 7 heteroatoms. The van der Waals surface area contributed by atoms with E-state index in [9.17, 15) is 18.0 Å². The molecule has 0 radical (unpaired) electrons. The number of amides is 2. The third kappa shape index (κ3) is 2.78. The molecule has 0 unspecified atom stereocenters. The molecule has 3 rings (SSSR count).